The van der Waals surface area contributed by atoms with Gasteiger partial charge in [-0.1, -0.05) is 31.2 Å². The molecule has 2 atom stereocenters. The second-order valence-electron chi connectivity index (χ2n) is 8.09. The number of rotatable bonds is 6. The van der Waals surface area contributed by atoms with Crippen molar-refractivity contribution < 1.29 is 12.8 Å². The Hall–Kier alpha value is -1.92. The van der Waals surface area contributed by atoms with Gasteiger partial charge in [0, 0.05) is 30.7 Å². The van der Waals surface area contributed by atoms with E-state index in [4.69, 9.17) is 0 Å². The lowest BCUT2D eigenvalue weighted by atomic mass is 9.92. The Labute approximate surface area is 160 Å². The summed E-state index contributed by atoms with van der Waals surface area (Å²) in [7, 11) is -3.26. The standard InChI is InChI=1S/C21H25FN2O2S/c1-21(16-4-3-5-18(12-16)23-27(2,25)26)19-13-24(14-20(19)21)11-10-15-6-8-17(22)9-7-15/h3-9,12,19-20,23H,10-11,13-14H2,1-2H3. The minimum atomic E-state index is -3.26. The minimum Gasteiger partial charge on any atom is -0.302 e. The Kier molecular flexibility index (Phi) is 4.51. The molecule has 1 saturated carbocycles. The molecule has 2 aromatic carbocycles. The third-order valence-electron chi connectivity index (χ3n) is 6.24. The van der Waals surface area contributed by atoms with E-state index >= 15 is 0 Å². The van der Waals surface area contributed by atoms with E-state index in [0.717, 1.165) is 26.1 Å². The summed E-state index contributed by atoms with van der Waals surface area (Å²) in [6.45, 7) is 5.40. The van der Waals surface area contributed by atoms with Crippen LogP contribution >= 0.6 is 0 Å². The zero-order chi connectivity index (χ0) is 19.2. The zero-order valence-electron chi connectivity index (χ0n) is 15.7. The van der Waals surface area contributed by atoms with Crippen LogP contribution < -0.4 is 4.72 Å². The van der Waals surface area contributed by atoms with Crippen molar-refractivity contribution in [2.24, 2.45) is 11.8 Å². The molecule has 1 heterocycles. The second-order valence-corrected chi connectivity index (χ2v) is 9.84. The molecule has 144 valence electrons. The number of benzene rings is 2. The molecule has 1 aliphatic carbocycles. The van der Waals surface area contributed by atoms with Crippen LogP contribution in [0, 0.1) is 17.7 Å². The van der Waals surface area contributed by atoms with Crippen molar-refractivity contribution in [2.45, 2.75) is 18.8 Å². The molecule has 4 nitrogen and oxygen atoms in total. The summed E-state index contributed by atoms with van der Waals surface area (Å²) < 4.78 is 38.5. The van der Waals surface area contributed by atoms with Crippen molar-refractivity contribution in [3.05, 3.63) is 65.5 Å². The molecule has 0 aromatic heterocycles. The van der Waals surface area contributed by atoms with E-state index in [0.29, 0.717) is 17.5 Å². The normalized spacial score (nSPS) is 27.4. The van der Waals surface area contributed by atoms with Gasteiger partial charge in [0.15, 0.2) is 0 Å². The lowest BCUT2D eigenvalue weighted by Gasteiger charge is -2.24. The van der Waals surface area contributed by atoms with Crippen LogP contribution in [0.25, 0.3) is 0 Å². The maximum atomic E-state index is 13.0. The van der Waals surface area contributed by atoms with Gasteiger partial charge in [-0.25, -0.2) is 12.8 Å². The van der Waals surface area contributed by atoms with Gasteiger partial charge in [0.2, 0.25) is 10.0 Å². The van der Waals surface area contributed by atoms with Crippen molar-refractivity contribution >= 4 is 15.7 Å². The Morgan fingerprint density at radius 1 is 1.15 bits per heavy atom. The number of sulfonamides is 1. The first-order valence-electron chi connectivity index (χ1n) is 9.31. The monoisotopic (exact) mass is 388 g/mol. The highest BCUT2D eigenvalue weighted by Crippen LogP contribution is 2.63. The summed E-state index contributed by atoms with van der Waals surface area (Å²) in [6, 6.07) is 14.6. The first-order valence-corrected chi connectivity index (χ1v) is 11.2. The highest BCUT2D eigenvalue weighted by atomic mass is 32.2. The fraction of sp³-hybridized carbons (Fsp3) is 0.429. The summed E-state index contributed by atoms with van der Waals surface area (Å²) in [4.78, 5) is 2.49. The molecule has 0 radical (unpaired) electrons. The first kappa shape index (κ1) is 18.4. The number of nitrogens with one attached hydrogen (secondary N) is 1. The van der Waals surface area contributed by atoms with Gasteiger partial charge in [-0.05, 0) is 53.6 Å². The summed E-state index contributed by atoms with van der Waals surface area (Å²) in [5.74, 6) is 1.03. The van der Waals surface area contributed by atoms with Crippen LogP contribution in [-0.2, 0) is 21.9 Å². The number of halogens is 1. The summed E-state index contributed by atoms with van der Waals surface area (Å²) in [6.07, 6.45) is 2.11. The Morgan fingerprint density at radius 2 is 1.81 bits per heavy atom. The van der Waals surface area contributed by atoms with Gasteiger partial charge in [0.25, 0.3) is 0 Å². The van der Waals surface area contributed by atoms with Gasteiger partial charge < -0.3 is 4.90 Å². The van der Waals surface area contributed by atoms with Gasteiger partial charge in [-0.3, -0.25) is 4.72 Å². The van der Waals surface area contributed by atoms with Crippen LogP contribution in [-0.4, -0.2) is 39.2 Å². The maximum absolute atomic E-state index is 13.0. The van der Waals surface area contributed by atoms with E-state index in [-0.39, 0.29) is 11.2 Å². The molecule has 4 rings (SSSR count). The lowest BCUT2D eigenvalue weighted by Crippen LogP contribution is -2.30. The third kappa shape index (κ3) is 3.73. The van der Waals surface area contributed by atoms with Crippen LogP contribution in [0.4, 0.5) is 10.1 Å². The van der Waals surface area contributed by atoms with Crippen LogP contribution in [0.2, 0.25) is 0 Å². The van der Waals surface area contributed by atoms with E-state index in [1.807, 2.05) is 24.3 Å². The number of fused-ring (bicyclic) bond motifs is 1. The number of hydrogen-bond donors (Lipinski definition) is 1. The van der Waals surface area contributed by atoms with Gasteiger partial charge in [0.05, 0.1) is 6.26 Å². The van der Waals surface area contributed by atoms with Crippen molar-refractivity contribution in [1.82, 2.24) is 4.90 Å². The largest absolute Gasteiger partial charge is 0.302 e. The highest BCUT2D eigenvalue weighted by Gasteiger charge is 2.65. The number of anilines is 1. The van der Waals surface area contributed by atoms with Crippen molar-refractivity contribution in [3.63, 3.8) is 0 Å². The quantitative estimate of drug-likeness (QED) is 0.826. The Bertz CT molecular complexity index is 931. The van der Waals surface area contributed by atoms with Gasteiger partial charge in [0.1, 0.15) is 5.82 Å². The van der Waals surface area contributed by atoms with Crippen molar-refractivity contribution in [2.75, 3.05) is 30.6 Å². The van der Waals surface area contributed by atoms with Gasteiger partial charge in [-0.2, -0.15) is 0 Å². The first-order chi connectivity index (χ1) is 12.8. The molecule has 2 aromatic rings. The predicted octanol–water partition coefficient (Wildman–Crippen LogP) is 3.26. The highest BCUT2D eigenvalue weighted by molar-refractivity contribution is 7.92. The number of likely N-dealkylation sites (tertiary alicyclic amines) is 1. The van der Waals surface area contributed by atoms with Crippen LogP contribution in [0.5, 0.6) is 0 Å². The number of piperidine rings is 1. The molecule has 1 aliphatic heterocycles. The molecule has 0 spiro atoms. The molecular weight excluding hydrogens is 363 g/mol. The Balaban J connectivity index is 1.37. The van der Waals surface area contributed by atoms with E-state index in [2.05, 4.69) is 22.6 Å². The van der Waals surface area contributed by atoms with E-state index in [1.165, 1.54) is 29.5 Å². The average Bonchev–Trinajstić information content (AvgIpc) is 2.97. The molecule has 0 bridgehead atoms. The molecule has 27 heavy (non-hydrogen) atoms. The fourth-order valence-electron chi connectivity index (χ4n) is 4.64. The zero-order valence-corrected chi connectivity index (χ0v) is 16.5. The van der Waals surface area contributed by atoms with Crippen molar-refractivity contribution in [3.8, 4) is 0 Å². The van der Waals surface area contributed by atoms with Crippen LogP contribution in [0.15, 0.2) is 48.5 Å². The number of hydrogen-bond acceptors (Lipinski definition) is 3. The topological polar surface area (TPSA) is 49.4 Å². The molecule has 0 amide bonds. The molecular formula is C21H25FN2O2S. The minimum absolute atomic E-state index is 0.127. The smallest absolute Gasteiger partial charge is 0.229 e. The van der Waals surface area contributed by atoms with E-state index in [1.54, 1.807) is 6.07 Å². The number of nitrogens with zero attached hydrogens (tertiary/aromatic N) is 1. The van der Waals surface area contributed by atoms with E-state index < -0.39 is 10.0 Å². The summed E-state index contributed by atoms with van der Waals surface area (Å²) in [5, 5.41) is 0. The second kappa shape index (κ2) is 6.60. The summed E-state index contributed by atoms with van der Waals surface area (Å²) >= 11 is 0. The molecule has 1 N–H and O–H groups in total. The fourth-order valence-corrected chi connectivity index (χ4v) is 5.20. The molecule has 6 heteroatoms. The van der Waals surface area contributed by atoms with Gasteiger partial charge >= 0.3 is 0 Å². The molecule has 2 aliphatic rings. The third-order valence-corrected chi connectivity index (χ3v) is 6.85. The van der Waals surface area contributed by atoms with E-state index in [9.17, 15) is 12.8 Å². The summed E-state index contributed by atoms with van der Waals surface area (Å²) in [5.41, 5.74) is 3.14. The maximum Gasteiger partial charge on any atom is 0.229 e. The van der Waals surface area contributed by atoms with Crippen LogP contribution in [0.1, 0.15) is 18.1 Å². The average molecular weight is 389 g/mol. The van der Waals surface area contributed by atoms with Crippen LogP contribution in [0.3, 0.4) is 0 Å². The molecule has 2 fully saturated rings. The lowest BCUT2D eigenvalue weighted by molar-refractivity contribution is 0.281. The molecule has 1 saturated heterocycles. The SMILES string of the molecule is CC1(c2cccc(NS(C)(=O)=O)c2)C2CN(CCc3ccc(F)cc3)CC21. The van der Waals surface area contributed by atoms with Gasteiger partial charge in [-0.15, -0.1) is 0 Å². The predicted molar refractivity (Wildman–Crippen MR) is 106 cm³/mol. The molecule has 2 unspecified atom stereocenters. The Morgan fingerprint density at radius 3 is 2.44 bits per heavy atom. The van der Waals surface area contributed by atoms with Crippen molar-refractivity contribution in [1.29, 1.82) is 0 Å².